The van der Waals surface area contributed by atoms with Crippen LogP contribution in [0.1, 0.15) is 39.5 Å². The van der Waals surface area contributed by atoms with Gasteiger partial charge in [-0.25, -0.2) is 0 Å². The number of hydrogen-bond acceptors (Lipinski definition) is 2. The van der Waals surface area contributed by atoms with E-state index in [1.54, 1.807) is 0 Å². The molecule has 0 aliphatic carbocycles. The van der Waals surface area contributed by atoms with E-state index in [4.69, 9.17) is 6.42 Å². The van der Waals surface area contributed by atoms with Crippen molar-refractivity contribution in [1.29, 1.82) is 0 Å². The Hall–Kier alpha value is -0.520. The molecule has 2 nitrogen and oxygen atoms in total. The molecule has 0 saturated carbocycles. The number of piperidine rings is 1. The highest BCUT2D eigenvalue weighted by Crippen LogP contribution is 2.37. The molecule has 1 rings (SSSR count). The average Bonchev–Trinajstić information content (AvgIpc) is 2.36. The molecule has 0 bridgehead atoms. The van der Waals surface area contributed by atoms with E-state index < -0.39 is 0 Å². The van der Waals surface area contributed by atoms with Crippen molar-refractivity contribution in [3.8, 4) is 12.3 Å². The summed E-state index contributed by atoms with van der Waals surface area (Å²) in [6, 6.07) is 0. The van der Waals surface area contributed by atoms with Crippen LogP contribution in [0.4, 0.5) is 0 Å². The molecule has 0 radical (unpaired) electrons. The van der Waals surface area contributed by atoms with Crippen molar-refractivity contribution >= 4 is 0 Å². The van der Waals surface area contributed by atoms with Gasteiger partial charge < -0.3 is 10.2 Å². The molecule has 0 aromatic heterocycles. The van der Waals surface area contributed by atoms with Gasteiger partial charge in [0.1, 0.15) is 0 Å². The van der Waals surface area contributed by atoms with Gasteiger partial charge in [0.15, 0.2) is 0 Å². The third-order valence-corrected chi connectivity index (χ3v) is 4.25. The lowest BCUT2D eigenvalue weighted by atomic mass is 9.74. The molecule has 0 spiro atoms. The van der Waals surface area contributed by atoms with E-state index in [-0.39, 0.29) is 0 Å². The number of terminal acetylenes is 1. The van der Waals surface area contributed by atoms with Crippen LogP contribution in [0, 0.1) is 17.8 Å². The van der Waals surface area contributed by atoms with Gasteiger partial charge in [-0.15, -0.1) is 6.42 Å². The summed E-state index contributed by atoms with van der Waals surface area (Å²) < 4.78 is 0. The SMILES string of the molecule is C#CCNCCN1CCC(CC)(CC)CC1. The predicted octanol–water partition coefficient (Wildman–Crippen LogP) is 2.11. The van der Waals surface area contributed by atoms with E-state index in [9.17, 15) is 0 Å². The zero-order valence-electron chi connectivity index (χ0n) is 10.9. The van der Waals surface area contributed by atoms with Crippen LogP contribution in [-0.4, -0.2) is 37.6 Å². The summed E-state index contributed by atoms with van der Waals surface area (Å²) in [5.74, 6) is 2.61. The van der Waals surface area contributed by atoms with Crippen LogP contribution in [0.5, 0.6) is 0 Å². The molecule has 0 atom stereocenters. The minimum atomic E-state index is 0.642. The minimum Gasteiger partial charge on any atom is -0.305 e. The quantitative estimate of drug-likeness (QED) is 0.547. The van der Waals surface area contributed by atoms with Gasteiger partial charge in [0, 0.05) is 13.1 Å². The Bertz CT molecular complexity index is 215. The third kappa shape index (κ3) is 3.81. The maximum atomic E-state index is 5.19. The van der Waals surface area contributed by atoms with Crippen molar-refractivity contribution in [2.45, 2.75) is 39.5 Å². The van der Waals surface area contributed by atoms with Crippen LogP contribution >= 0.6 is 0 Å². The monoisotopic (exact) mass is 222 g/mol. The van der Waals surface area contributed by atoms with Gasteiger partial charge in [-0.2, -0.15) is 0 Å². The first-order valence-electron chi connectivity index (χ1n) is 6.63. The van der Waals surface area contributed by atoms with E-state index in [2.05, 4.69) is 30.0 Å². The Morgan fingerprint density at radius 2 is 1.88 bits per heavy atom. The molecule has 1 aliphatic heterocycles. The van der Waals surface area contributed by atoms with E-state index in [1.807, 2.05) is 0 Å². The molecule has 1 N–H and O–H groups in total. The van der Waals surface area contributed by atoms with E-state index in [1.165, 1.54) is 38.8 Å². The fourth-order valence-corrected chi connectivity index (χ4v) is 2.61. The minimum absolute atomic E-state index is 0.642. The highest BCUT2D eigenvalue weighted by atomic mass is 15.1. The molecule has 1 saturated heterocycles. The van der Waals surface area contributed by atoms with Crippen molar-refractivity contribution < 1.29 is 0 Å². The van der Waals surface area contributed by atoms with Crippen LogP contribution < -0.4 is 5.32 Å². The average molecular weight is 222 g/mol. The molecule has 0 unspecified atom stereocenters. The number of rotatable bonds is 6. The van der Waals surface area contributed by atoms with Crippen LogP contribution in [0.2, 0.25) is 0 Å². The topological polar surface area (TPSA) is 15.3 Å². The number of hydrogen-bond donors (Lipinski definition) is 1. The molecule has 0 amide bonds. The van der Waals surface area contributed by atoms with Gasteiger partial charge in [0.05, 0.1) is 6.54 Å². The van der Waals surface area contributed by atoms with Gasteiger partial charge in [0.2, 0.25) is 0 Å². The van der Waals surface area contributed by atoms with E-state index in [0.717, 1.165) is 13.1 Å². The number of nitrogens with one attached hydrogen (secondary N) is 1. The highest BCUT2D eigenvalue weighted by molar-refractivity contribution is 4.87. The normalized spacial score (nSPS) is 20.6. The Morgan fingerprint density at radius 1 is 1.25 bits per heavy atom. The second-order valence-electron chi connectivity index (χ2n) is 4.93. The summed E-state index contributed by atoms with van der Waals surface area (Å²) in [4.78, 5) is 2.56. The summed E-state index contributed by atoms with van der Waals surface area (Å²) in [5, 5.41) is 3.25. The second-order valence-corrected chi connectivity index (χ2v) is 4.93. The molecule has 16 heavy (non-hydrogen) atoms. The molecule has 0 aromatic carbocycles. The zero-order valence-corrected chi connectivity index (χ0v) is 10.9. The molecule has 1 aliphatic rings. The number of likely N-dealkylation sites (tertiary alicyclic amines) is 1. The fourth-order valence-electron chi connectivity index (χ4n) is 2.61. The van der Waals surface area contributed by atoms with Crippen molar-refractivity contribution in [2.75, 3.05) is 32.7 Å². The Labute approximate surface area is 101 Å². The van der Waals surface area contributed by atoms with Crippen LogP contribution in [-0.2, 0) is 0 Å². The lowest BCUT2D eigenvalue weighted by Crippen LogP contribution is -2.42. The standard InChI is InChI=1S/C14H26N2/c1-4-9-15-10-13-16-11-7-14(5-2,6-3)8-12-16/h1,15H,5-13H2,2-3H3. The smallest absolute Gasteiger partial charge is 0.0574 e. The lowest BCUT2D eigenvalue weighted by Gasteiger charge is -2.41. The van der Waals surface area contributed by atoms with Gasteiger partial charge in [-0.3, -0.25) is 0 Å². The maximum Gasteiger partial charge on any atom is 0.0574 e. The van der Waals surface area contributed by atoms with Gasteiger partial charge in [-0.1, -0.05) is 32.6 Å². The van der Waals surface area contributed by atoms with E-state index in [0.29, 0.717) is 12.0 Å². The second kappa shape index (κ2) is 6.93. The van der Waals surface area contributed by atoms with Crippen molar-refractivity contribution in [2.24, 2.45) is 5.41 Å². The molecular weight excluding hydrogens is 196 g/mol. The summed E-state index contributed by atoms with van der Waals surface area (Å²) >= 11 is 0. The van der Waals surface area contributed by atoms with Gasteiger partial charge in [0.25, 0.3) is 0 Å². The fraction of sp³-hybridized carbons (Fsp3) is 0.857. The van der Waals surface area contributed by atoms with Crippen LogP contribution in [0.25, 0.3) is 0 Å². The highest BCUT2D eigenvalue weighted by Gasteiger charge is 2.30. The molecule has 1 heterocycles. The summed E-state index contributed by atoms with van der Waals surface area (Å²) in [6.07, 6.45) is 10.6. The first kappa shape index (κ1) is 13.5. The Kier molecular flexibility index (Phi) is 5.87. The zero-order chi connectivity index (χ0) is 11.9. The van der Waals surface area contributed by atoms with Crippen molar-refractivity contribution in [1.82, 2.24) is 10.2 Å². The van der Waals surface area contributed by atoms with Crippen LogP contribution in [0.15, 0.2) is 0 Å². The van der Waals surface area contributed by atoms with Gasteiger partial charge >= 0.3 is 0 Å². The molecular formula is C14H26N2. The summed E-state index contributed by atoms with van der Waals surface area (Å²) in [5.41, 5.74) is 0.642. The summed E-state index contributed by atoms with van der Waals surface area (Å²) in [7, 11) is 0. The van der Waals surface area contributed by atoms with E-state index >= 15 is 0 Å². The number of nitrogens with zero attached hydrogens (tertiary/aromatic N) is 1. The third-order valence-electron chi connectivity index (χ3n) is 4.25. The van der Waals surface area contributed by atoms with Crippen molar-refractivity contribution in [3.63, 3.8) is 0 Å². The van der Waals surface area contributed by atoms with Crippen molar-refractivity contribution in [3.05, 3.63) is 0 Å². The molecule has 0 aromatic rings. The molecule has 1 fully saturated rings. The van der Waals surface area contributed by atoms with Crippen LogP contribution in [0.3, 0.4) is 0 Å². The first-order chi connectivity index (χ1) is 7.76. The predicted molar refractivity (Wildman–Crippen MR) is 70.4 cm³/mol. The first-order valence-corrected chi connectivity index (χ1v) is 6.63. The van der Waals surface area contributed by atoms with Gasteiger partial charge in [-0.05, 0) is 31.3 Å². The largest absolute Gasteiger partial charge is 0.305 e. The lowest BCUT2D eigenvalue weighted by molar-refractivity contribution is 0.0963. The Morgan fingerprint density at radius 3 is 2.38 bits per heavy atom. The molecule has 92 valence electrons. The maximum absolute atomic E-state index is 5.19. The Balaban J connectivity index is 2.19. The molecule has 2 heteroatoms. The summed E-state index contributed by atoms with van der Waals surface area (Å²) in [6.45, 7) is 10.1.